The van der Waals surface area contributed by atoms with Crippen LogP contribution in [-0.4, -0.2) is 27.5 Å². The topological polar surface area (TPSA) is 72.5 Å². The van der Waals surface area contributed by atoms with E-state index in [-0.39, 0.29) is 16.9 Å². The number of rotatable bonds is 8. The van der Waals surface area contributed by atoms with E-state index < -0.39 is 10.0 Å². The van der Waals surface area contributed by atoms with Gasteiger partial charge in [-0.3, -0.25) is 4.79 Å². The van der Waals surface area contributed by atoms with Crippen LogP contribution in [0.4, 0.5) is 0 Å². The minimum atomic E-state index is -3.47. The van der Waals surface area contributed by atoms with E-state index in [4.69, 9.17) is 0 Å². The van der Waals surface area contributed by atoms with E-state index in [0.717, 1.165) is 36.6 Å². The molecular formula is C18H24BrNO4S. The fraction of sp³-hybridized carbons (Fsp3) is 0.500. The largest absolute Gasteiger partial charge is 0.469 e. The Morgan fingerprint density at radius 2 is 2.04 bits per heavy atom. The first kappa shape index (κ1) is 20.1. The molecule has 1 fully saturated rings. The molecule has 1 aliphatic rings. The van der Waals surface area contributed by atoms with Crippen LogP contribution in [0.1, 0.15) is 38.5 Å². The number of hydrogen-bond acceptors (Lipinski definition) is 4. The highest BCUT2D eigenvalue weighted by Gasteiger charge is 2.27. The molecule has 7 heteroatoms. The minimum absolute atomic E-state index is 0.0293. The smallest absolute Gasteiger partial charge is 0.305 e. The molecule has 5 nitrogen and oxygen atoms in total. The van der Waals surface area contributed by atoms with Crippen LogP contribution in [0, 0.1) is 5.92 Å². The second kappa shape index (κ2) is 9.50. The Balaban J connectivity index is 1.78. The van der Waals surface area contributed by atoms with Crippen LogP contribution in [0.2, 0.25) is 0 Å². The van der Waals surface area contributed by atoms with Gasteiger partial charge in [0.25, 0.3) is 0 Å². The zero-order valence-electron chi connectivity index (χ0n) is 14.3. The molecule has 2 rings (SSSR count). The lowest BCUT2D eigenvalue weighted by molar-refractivity contribution is -0.140. The molecule has 1 saturated carbocycles. The molecule has 1 aromatic carbocycles. The summed E-state index contributed by atoms with van der Waals surface area (Å²) in [6, 6.07) is 6.62. The van der Waals surface area contributed by atoms with E-state index in [1.807, 2.05) is 0 Å². The first-order chi connectivity index (χ1) is 11.9. The molecule has 1 N–H and O–H groups in total. The monoisotopic (exact) mass is 429 g/mol. The van der Waals surface area contributed by atoms with Crippen LogP contribution in [0.15, 0.2) is 45.8 Å². The highest BCUT2D eigenvalue weighted by molar-refractivity contribution is 9.10. The number of ether oxygens (including phenoxy) is 1. The van der Waals surface area contributed by atoms with Crippen LogP contribution < -0.4 is 4.72 Å². The van der Waals surface area contributed by atoms with E-state index in [9.17, 15) is 13.2 Å². The predicted molar refractivity (Wildman–Crippen MR) is 101 cm³/mol. The van der Waals surface area contributed by atoms with Crippen molar-refractivity contribution in [2.45, 2.75) is 49.5 Å². The van der Waals surface area contributed by atoms with E-state index >= 15 is 0 Å². The van der Waals surface area contributed by atoms with Crippen LogP contribution >= 0.6 is 15.9 Å². The normalized spacial score (nSPS) is 20.9. The van der Waals surface area contributed by atoms with Gasteiger partial charge in [-0.1, -0.05) is 28.1 Å². The van der Waals surface area contributed by atoms with Gasteiger partial charge in [-0.2, -0.15) is 0 Å². The number of unbranched alkanes of at least 4 members (excludes halogenated alkanes) is 1. The molecule has 25 heavy (non-hydrogen) atoms. The molecule has 0 aromatic heterocycles. The second-order valence-corrected chi connectivity index (χ2v) is 8.87. The maximum atomic E-state index is 12.4. The summed E-state index contributed by atoms with van der Waals surface area (Å²) in [7, 11) is -2.08. The van der Waals surface area contributed by atoms with Crippen molar-refractivity contribution in [3.05, 3.63) is 40.9 Å². The van der Waals surface area contributed by atoms with Gasteiger partial charge in [0.15, 0.2) is 0 Å². The van der Waals surface area contributed by atoms with Gasteiger partial charge in [0.05, 0.1) is 12.0 Å². The van der Waals surface area contributed by atoms with Crippen LogP contribution in [0.3, 0.4) is 0 Å². The Labute approximate surface area is 158 Å². The summed E-state index contributed by atoms with van der Waals surface area (Å²) in [4.78, 5) is 11.3. The fourth-order valence-corrected chi connectivity index (χ4v) is 4.50. The van der Waals surface area contributed by atoms with E-state index in [2.05, 4.69) is 37.5 Å². The average molecular weight is 430 g/mol. The van der Waals surface area contributed by atoms with Crippen LogP contribution in [0.5, 0.6) is 0 Å². The number of esters is 1. The maximum absolute atomic E-state index is 12.4. The molecular weight excluding hydrogens is 406 g/mol. The first-order valence-electron chi connectivity index (χ1n) is 8.42. The zero-order valence-corrected chi connectivity index (χ0v) is 16.7. The molecule has 0 unspecified atom stereocenters. The number of carbonyl (C=O) groups is 1. The SMILES string of the molecule is COC(=O)CCCC=C[C@@H]1CC[C@H](NS(=O)(=O)c2ccc(Br)cc2)C1. The van der Waals surface area contributed by atoms with E-state index in [1.165, 1.54) is 7.11 Å². The molecule has 0 saturated heterocycles. The number of methoxy groups -OCH3 is 1. The van der Waals surface area contributed by atoms with E-state index in [0.29, 0.717) is 12.3 Å². The number of benzene rings is 1. The number of halogens is 1. The maximum Gasteiger partial charge on any atom is 0.305 e. The zero-order chi connectivity index (χ0) is 18.3. The van der Waals surface area contributed by atoms with Crippen molar-refractivity contribution in [3.8, 4) is 0 Å². The van der Waals surface area contributed by atoms with Crippen molar-refractivity contribution in [2.24, 2.45) is 5.92 Å². The number of sulfonamides is 1. The van der Waals surface area contributed by atoms with Crippen LogP contribution in [0.25, 0.3) is 0 Å². The molecule has 2 atom stereocenters. The lowest BCUT2D eigenvalue weighted by atomic mass is 10.1. The third-order valence-corrected chi connectivity index (χ3v) is 6.37. The number of carbonyl (C=O) groups excluding carboxylic acids is 1. The molecule has 0 heterocycles. The first-order valence-corrected chi connectivity index (χ1v) is 10.7. The second-order valence-electron chi connectivity index (χ2n) is 6.24. The van der Waals surface area contributed by atoms with Crippen molar-refractivity contribution < 1.29 is 17.9 Å². The van der Waals surface area contributed by atoms with Crippen molar-refractivity contribution in [3.63, 3.8) is 0 Å². The molecule has 0 bridgehead atoms. The summed E-state index contributed by atoms with van der Waals surface area (Å²) >= 11 is 3.31. The van der Waals surface area contributed by atoms with Gasteiger partial charge in [-0.25, -0.2) is 13.1 Å². The molecule has 138 valence electrons. The Kier molecular flexibility index (Phi) is 7.65. The molecule has 0 amide bonds. The lowest BCUT2D eigenvalue weighted by Gasteiger charge is -2.13. The fourth-order valence-electron chi connectivity index (χ4n) is 2.95. The molecule has 1 aliphatic carbocycles. The molecule has 0 spiro atoms. The number of allylic oxidation sites excluding steroid dienone is 2. The van der Waals surface area contributed by atoms with Crippen LogP contribution in [-0.2, 0) is 19.6 Å². The van der Waals surface area contributed by atoms with Gasteiger partial charge in [-0.05, 0) is 62.3 Å². The highest BCUT2D eigenvalue weighted by atomic mass is 79.9. The summed E-state index contributed by atoms with van der Waals surface area (Å²) in [6.45, 7) is 0. The van der Waals surface area contributed by atoms with Crippen molar-refractivity contribution in [1.29, 1.82) is 0 Å². The van der Waals surface area contributed by atoms with Crippen molar-refractivity contribution in [2.75, 3.05) is 7.11 Å². The molecule has 0 radical (unpaired) electrons. The summed E-state index contributed by atoms with van der Waals surface area (Å²) in [6.07, 6.45) is 8.89. The Morgan fingerprint density at radius 3 is 2.72 bits per heavy atom. The number of hydrogen-bond donors (Lipinski definition) is 1. The summed E-state index contributed by atoms with van der Waals surface area (Å²) < 4.78 is 33.1. The minimum Gasteiger partial charge on any atom is -0.469 e. The van der Waals surface area contributed by atoms with Gasteiger partial charge >= 0.3 is 5.97 Å². The van der Waals surface area contributed by atoms with Crippen molar-refractivity contribution >= 4 is 31.9 Å². The summed E-state index contributed by atoms with van der Waals surface area (Å²) in [5, 5.41) is 0. The highest BCUT2D eigenvalue weighted by Crippen LogP contribution is 2.28. The molecule has 0 aliphatic heterocycles. The Hall–Kier alpha value is -1.18. The predicted octanol–water partition coefficient (Wildman–Crippen LogP) is 3.80. The lowest BCUT2D eigenvalue weighted by Crippen LogP contribution is -2.32. The Bertz CT molecular complexity index is 700. The third kappa shape index (κ3) is 6.56. The third-order valence-electron chi connectivity index (χ3n) is 4.31. The van der Waals surface area contributed by atoms with Gasteiger partial charge in [0.2, 0.25) is 10.0 Å². The number of nitrogens with one attached hydrogen (secondary N) is 1. The van der Waals surface area contributed by atoms with Gasteiger partial charge < -0.3 is 4.74 Å². The van der Waals surface area contributed by atoms with Gasteiger partial charge in [-0.15, -0.1) is 0 Å². The Morgan fingerprint density at radius 1 is 1.32 bits per heavy atom. The molecule has 1 aromatic rings. The van der Waals surface area contributed by atoms with E-state index in [1.54, 1.807) is 24.3 Å². The van der Waals surface area contributed by atoms with Gasteiger partial charge in [0, 0.05) is 16.9 Å². The average Bonchev–Trinajstić information content (AvgIpc) is 3.01. The van der Waals surface area contributed by atoms with Gasteiger partial charge in [0.1, 0.15) is 0 Å². The summed E-state index contributed by atoms with van der Waals surface area (Å²) in [5.41, 5.74) is 0. The van der Waals surface area contributed by atoms with Crippen molar-refractivity contribution in [1.82, 2.24) is 4.72 Å². The standard InChI is InChI=1S/C18H24BrNO4S/c1-24-18(21)6-4-2-3-5-14-7-10-16(13-14)20-25(22,23)17-11-8-15(19)9-12-17/h3,5,8-9,11-12,14,16,20H,2,4,6-7,10,13H2,1H3/t14-,16+/m1/s1. The summed E-state index contributed by atoms with van der Waals surface area (Å²) in [5.74, 6) is 0.201. The quantitative estimate of drug-likeness (QED) is 0.387.